The first-order chi connectivity index (χ1) is 10.7. The van der Waals surface area contributed by atoms with Gasteiger partial charge in [-0.15, -0.1) is 0 Å². The fourth-order valence-corrected chi connectivity index (χ4v) is 1.74. The number of hydrogen-bond acceptors (Lipinski definition) is 4. The van der Waals surface area contributed by atoms with Crippen molar-refractivity contribution in [2.45, 2.75) is 0 Å². The Bertz CT molecular complexity index is 657. The predicted octanol–water partition coefficient (Wildman–Crippen LogP) is 2.88. The highest BCUT2D eigenvalue weighted by Gasteiger charge is 2.01. The Morgan fingerprint density at radius 1 is 1.23 bits per heavy atom. The van der Waals surface area contributed by atoms with E-state index in [9.17, 15) is 4.79 Å². The SMILES string of the molecule is COc1cccc(/C=N/NC(=O)COc2ccc(Cl)cc2)c1. The molecule has 114 valence electrons. The molecule has 1 N–H and O–H groups in total. The van der Waals surface area contributed by atoms with Gasteiger partial charge in [-0.25, -0.2) is 5.43 Å². The van der Waals surface area contributed by atoms with Crippen molar-refractivity contribution in [1.82, 2.24) is 5.43 Å². The van der Waals surface area contributed by atoms with Crippen molar-refractivity contribution in [3.05, 3.63) is 59.1 Å². The molecule has 2 rings (SSSR count). The van der Waals surface area contributed by atoms with E-state index in [0.717, 1.165) is 11.3 Å². The third kappa shape index (κ3) is 5.10. The minimum Gasteiger partial charge on any atom is -0.497 e. The molecule has 0 fully saturated rings. The molecule has 0 spiro atoms. The molecule has 0 aliphatic carbocycles. The second-order valence-corrected chi connectivity index (χ2v) is 4.75. The lowest BCUT2D eigenvalue weighted by Crippen LogP contribution is -2.24. The zero-order chi connectivity index (χ0) is 15.8. The lowest BCUT2D eigenvalue weighted by molar-refractivity contribution is -0.123. The molecular formula is C16H15ClN2O3. The maximum atomic E-state index is 11.6. The van der Waals surface area contributed by atoms with Crippen molar-refractivity contribution in [3.63, 3.8) is 0 Å². The molecule has 0 aromatic heterocycles. The Labute approximate surface area is 133 Å². The maximum Gasteiger partial charge on any atom is 0.277 e. The first kappa shape index (κ1) is 15.9. The predicted molar refractivity (Wildman–Crippen MR) is 85.7 cm³/mol. The van der Waals surface area contributed by atoms with Crippen LogP contribution in [0.3, 0.4) is 0 Å². The summed E-state index contributed by atoms with van der Waals surface area (Å²) in [6.07, 6.45) is 1.53. The molecule has 0 atom stereocenters. The summed E-state index contributed by atoms with van der Waals surface area (Å²) in [5.41, 5.74) is 3.21. The number of hydrazone groups is 1. The van der Waals surface area contributed by atoms with Crippen molar-refractivity contribution in [1.29, 1.82) is 0 Å². The van der Waals surface area contributed by atoms with E-state index in [4.69, 9.17) is 21.1 Å². The summed E-state index contributed by atoms with van der Waals surface area (Å²) in [5.74, 6) is 0.937. The number of rotatable bonds is 6. The van der Waals surface area contributed by atoms with Gasteiger partial charge in [0.25, 0.3) is 5.91 Å². The first-order valence-electron chi connectivity index (χ1n) is 6.52. The highest BCUT2D eigenvalue weighted by molar-refractivity contribution is 6.30. The molecule has 1 amide bonds. The van der Waals surface area contributed by atoms with Gasteiger partial charge in [-0.1, -0.05) is 23.7 Å². The Hall–Kier alpha value is -2.53. The van der Waals surface area contributed by atoms with E-state index in [1.54, 1.807) is 37.4 Å². The van der Waals surface area contributed by atoms with Gasteiger partial charge in [0, 0.05) is 5.02 Å². The van der Waals surface area contributed by atoms with Gasteiger partial charge in [-0.2, -0.15) is 5.10 Å². The second kappa shape index (κ2) is 8.05. The largest absolute Gasteiger partial charge is 0.497 e. The van der Waals surface area contributed by atoms with E-state index in [0.29, 0.717) is 10.8 Å². The molecule has 0 aliphatic rings. The topological polar surface area (TPSA) is 59.9 Å². The van der Waals surface area contributed by atoms with Crippen LogP contribution in [0.15, 0.2) is 53.6 Å². The zero-order valence-electron chi connectivity index (χ0n) is 12.0. The molecular weight excluding hydrogens is 304 g/mol. The fraction of sp³-hybridized carbons (Fsp3) is 0.125. The van der Waals surface area contributed by atoms with Crippen LogP contribution in [0.1, 0.15) is 5.56 Å². The number of hydrogen-bond donors (Lipinski definition) is 1. The van der Waals surface area contributed by atoms with E-state index >= 15 is 0 Å². The van der Waals surface area contributed by atoms with Gasteiger partial charge in [0.1, 0.15) is 11.5 Å². The summed E-state index contributed by atoms with van der Waals surface area (Å²) in [7, 11) is 1.59. The molecule has 0 unspecified atom stereocenters. The van der Waals surface area contributed by atoms with Crippen LogP contribution in [-0.4, -0.2) is 25.8 Å². The number of carbonyl (C=O) groups is 1. The average molecular weight is 319 g/mol. The molecule has 6 heteroatoms. The van der Waals surface area contributed by atoms with E-state index < -0.39 is 0 Å². The highest BCUT2D eigenvalue weighted by atomic mass is 35.5. The summed E-state index contributed by atoms with van der Waals surface area (Å²) in [6, 6.07) is 14.1. The van der Waals surface area contributed by atoms with Crippen molar-refractivity contribution >= 4 is 23.7 Å². The van der Waals surface area contributed by atoms with E-state index in [1.165, 1.54) is 6.21 Å². The van der Waals surface area contributed by atoms with Gasteiger partial charge in [0.15, 0.2) is 6.61 Å². The average Bonchev–Trinajstić information content (AvgIpc) is 2.54. The van der Waals surface area contributed by atoms with E-state index in [1.807, 2.05) is 18.2 Å². The van der Waals surface area contributed by atoms with Crippen molar-refractivity contribution in [2.24, 2.45) is 5.10 Å². The molecule has 2 aromatic carbocycles. The minimum absolute atomic E-state index is 0.128. The standard InChI is InChI=1S/C16H15ClN2O3/c1-21-15-4-2-3-12(9-15)10-18-19-16(20)11-22-14-7-5-13(17)6-8-14/h2-10H,11H2,1H3,(H,19,20)/b18-10+. The van der Waals surface area contributed by atoms with Gasteiger partial charge in [-0.05, 0) is 42.0 Å². The Balaban J connectivity index is 1.79. The summed E-state index contributed by atoms with van der Waals surface area (Å²) in [6.45, 7) is -0.128. The molecule has 5 nitrogen and oxygen atoms in total. The summed E-state index contributed by atoms with van der Waals surface area (Å²) < 4.78 is 10.4. The Kier molecular flexibility index (Phi) is 5.80. The smallest absolute Gasteiger partial charge is 0.277 e. The number of ether oxygens (including phenoxy) is 2. The molecule has 0 bridgehead atoms. The summed E-state index contributed by atoms with van der Waals surface area (Å²) >= 11 is 5.76. The van der Waals surface area contributed by atoms with Crippen LogP contribution in [0.5, 0.6) is 11.5 Å². The third-order valence-electron chi connectivity index (χ3n) is 2.68. The summed E-state index contributed by atoms with van der Waals surface area (Å²) in [4.78, 5) is 11.6. The van der Waals surface area contributed by atoms with E-state index in [-0.39, 0.29) is 12.5 Å². The number of benzene rings is 2. The number of methoxy groups -OCH3 is 1. The lowest BCUT2D eigenvalue weighted by atomic mass is 10.2. The zero-order valence-corrected chi connectivity index (χ0v) is 12.7. The molecule has 0 heterocycles. The van der Waals surface area contributed by atoms with Gasteiger partial charge in [-0.3, -0.25) is 4.79 Å². The third-order valence-corrected chi connectivity index (χ3v) is 2.93. The summed E-state index contributed by atoms with van der Waals surface area (Å²) in [5, 5.41) is 4.47. The van der Waals surface area contributed by atoms with Crippen LogP contribution in [0.4, 0.5) is 0 Å². The Morgan fingerprint density at radius 2 is 2.00 bits per heavy atom. The van der Waals surface area contributed by atoms with Gasteiger partial charge in [0.05, 0.1) is 13.3 Å². The van der Waals surface area contributed by atoms with Crippen LogP contribution in [-0.2, 0) is 4.79 Å². The molecule has 0 saturated carbocycles. The van der Waals surface area contributed by atoms with Crippen molar-refractivity contribution in [3.8, 4) is 11.5 Å². The van der Waals surface area contributed by atoms with Gasteiger partial charge in [0.2, 0.25) is 0 Å². The molecule has 0 radical (unpaired) electrons. The molecule has 0 saturated heterocycles. The number of carbonyl (C=O) groups excluding carboxylic acids is 1. The first-order valence-corrected chi connectivity index (χ1v) is 6.89. The monoisotopic (exact) mass is 318 g/mol. The normalized spacial score (nSPS) is 10.5. The van der Waals surface area contributed by atoms with Crippen LogP contribution in [0.2, 0.25) is 5.02 Å². The van der Waals surface area contributed by atoms with Crippen LogP contribution in [0, 0.1) is 0 Å². The highest BCUT2D eigenvalue weighted by Crippen LogP contribution is 2.15. The van der Waals surface area contributed by atoms with Gasteiger partial charge >= 0.3 is 0 Å². The van der Waals surface area contributed by atoms with Crippen LogP contribution in [0.25, 0.3) is 0 Å². The Morgan fingerprint density at radius 3 is 2.73 bits per heavy atom. The van der Waals surface area contributed by atoms with E-state index in [2.05, 4.69) is 10.5 Å². The minimum atomic E-state index is -0.353. The molecule has 0 aliphatic heterocycles. The van der Waals surface area contributed by atoms with Gasteiger partial charge < -0.3 is 9.47 Å². The second-order valence-electron chi connectivity index (χ2n) is 4.31. The number of nitrogens with zero attached hydrogens (tertiary/aromatic N) is 1. The molecule has 2 aromatic rings. The van der Waals surface area contributed by atoms with Crippen LogP contribution >= 0.6 is 11.6 Å². The number of nitrogens with one attached hydrogen (secondary N) is 1. The fourth-order valence-electron chi connectivity index (χ4n) is 1.61. The maximum absolute atomic E-state index is 11.6. The van der Waals surface area contributed by atoms with Crippen molar-refractivity contribution in [2.75, 3.05) is 13.7 Å². The quantitative estimate of drug-likeness (QED) is 0.658. The van der Waals surface area contributed by atoms with Crippen molar-refractivity contribution < 1.29 is 14.3 Å². The molecule has 22 heavy (non-hydrogen) atoms. The lowest BCUT2D eigenvalue weighted by Gasteiger charge is -2.04. The number of halogens is 1. The number of amides is 1. The van der Waals surface area contributed by atoms with Crippen LogP contribution < -0.4 is 14.9 Å².